The number of hydrogen-bond acceptors (Lipinski definition) is 3. The number of benzene rings is 1. The second-order valence-corrected chi connectivity index (χ2v) is 5.94. The van der Waals surface area contributed by atoms with E-state index in [1.807, 2.05) is 25.3 Å². The number of carbonyl (C=O) groups excluding carboxylic acids is 1. The van der Waals surface area contributed by atoms with Crippen LogP contribution in [0.4, 0.5) is 0 Å². The van der Waals surface area contributed by atoms with Gasteiger partial charge in [0.05, 0.1) is 13.4 Å². The van der Waals surface area contributed by atoms with Crippen LogP contribution < -0.4 is 10.1 Å². The summed E-state index contributed by atoms with van der Waals surface area (Å²) in [6, 6.07) is 3.96. The third-order valence-corrected chi connectivity index (χ3v) is 4.50. The number of hydrogen-bond donors (Lipinski definition) is 1. The SMILES string of the molecule is CCCC(=O)NCCC1CCc2coc3ccc(OC)c1c23. The molecule has 2 aromatic rings. The van der Waals surface area contributed by atoms with Crippen molar-refractivity contribution in [3.63, 3.8) is 0 Å². The van der Waals surface area contributed by atoms with E-state index in [0.717, 1.165) is 43.6 Å². The Morgan fingerprint density at radius 3 is 3.09 bits per heavy atom. The van der Waals surface area contributed by atoms with Crippen LogP contribution in [0, 0.1) is 0 Å². The third kappa shape index (κ3) is 2.70. The van der Waals surface area contributed by atoms with Gasteiger partial charge in [-0.2, -0.15) is 0 Å². The topological polar surface area (TPSA) is 51.5 Å². The van der Waals surface area contributed by atoms with E-state index in [1.165, 1.54) is 16.5 Å². The fraction of sp³-hybridized carbons (Fsp3) is 0.500. The standard InChI is InChI=1S/C18H23NO3/c1-3-4-16(20)19-10-9-12-5-6-13-11-22-15-8-7-14(21-2)17(12)18(13)15/h7-8,11-12H,3-6,9-10H2,1-2H3,(H,19,20). The number of nitrogens with one attached hydrogen (secondary N) is 1. The molecule has 1 heterocycles. The molecule has 0 saturated carbocycles. The zero-order valence-electron chi connectivity index (χ0n) is 13.3. The van der Waals surface area contributed by atoms with Crippen LogP contribution in [-0.4, -0.2) is 19.6 Å². The first-order chi connectivity index (χ1) is 10.7. The Kier molecular flexibility index (Phi) is 4.36. The number of ether oxygens (including phenoxy) is 1. The molecule has 1 amide bonds. The molecule has 1 unspecified atom stereocenters. The molecule has 0 saturated heterocycles. The van der Waals surface area contributed by atoms with Gasteiger partial charge >= 0.3 is 0 Å². The summed E-state index contributed by atoms with van der Waals surface area (Å²) in [4.78, 5) is 11.6. The van der Waals surface area contributed by atoms with Crippen molar-refractivity contribution >= 4 is 16.9 Å². The van der Waals surface area contributed by atoms with Crippen LogP contribution in [-0.2, 0) is 11.2 Å². The number of aryl methyl sites for hydroxylation is 1. The van der Waals surface area contributed by atoms with E-state index < -0.39 is 0 Å². The van der Waals surface area contributed by atoms with Crippen molar-refractivity contribution < 1.29 is 13.9 Å². The van der Waals surface area contributed by atoms with Crippen molar-refractivity contribution in [1.82, 2.24) is 5.32 Å². The van der Waals surface area contributed by atoms with Crippen molar-refractivity contribution in [1.29, 1.82) is 0 Å². The average Bonchev–Trinajstić information content (AvgIpc) is 2.94. The van der Waals surface area contributed by atoms with E-state index in [4.69, 9.17) is 9.15 Å². The van der Waals surface area contributed by atoms with E-state index in [-0.39, 0.29) is 5.91 Å². The Balaban J connectivity index is 1.80. The summed E-state index contributed by atoms with van der Waals surface area (Å²) in [7, 11) is 1.71. The Morgan fingerprint density at radius 1 is 1.45 bits per heavy atom. The summed E-state index contributed by atoms with van der Waals surface area (Å²) >= 11 is 0. The van der Waals surface area contributed by atoms with Crippen LogP contribution in [0.1, 0.15) is 49.7 Å². The molecular weight excluding hydrogens is 278 g/mol. The molecule has 0 radical (unpaired) electrons. The zero-order valence-corrected chi connectivity index (χ0v) is 13.3. The Labute approximate surface area is 130 Å². The fourth-order valence-electron chi connectivity index (χ4n) is 3.43. The minimum absolute atomic E-state index is 0.146. The smallest absolute Gasteiger partial charge is 0.219 e. The molecule has 0 aliphatic heterocycles. The van der Waals surface area contributed by atoms with Crippen molar-refractivity contribution in [3.05, 3.63) is 29.5 Å². The minimum atomic E-state index is 0.146. The lowest BCUT2D eigenvalue weighted by Crippen LogP contribution is -2.25. The Hall–Kier alpha value is -1.97. The van der Waals surface area contributed by atoms with Crippen LogP contribution in [0.25, 0.3) is 11.0 Å². The quantitative estimate of drug-likeness (QED) is 0.883. The maximum atomic E-state index is 11.6. The molecule has 4 heteroatoms. The molecule has 1 aliphatic rings. The molecule has 0 fully saturated rings. The van der Waals surface area contributed by atoms with Crippen LogP contribution in [0.5, 0.6) is 5.75 Å². The molecule has 1 atom stereocenters. The van der Waals surface area contributed by atoms with Gasteiger partial charge in [-0.25, -0.2) is 0 Å². The summed E-state index contributed by atoms with van der Waals surface area (Å²) < 4.78 is 11.2. The first-order valence-corrected chi connectivity index (χ1v) is 8.08. The lowest BCUT2D eigenvalue weighted by molar-refractivity contribution is -0.121. The lowest BCUT2D eigenvalue weighted by Gasteiger charge is -2.25. The third-order valence-electron chi connectivity index (χ3n) is 4.50. The lowest BCUT2D eigenvalue weighted by atomic mass is 9.81. The first kappa shape index (κ1) is 14.9. The molecule has 1 aliphatic carbocycles. The number of furan rings is 1. The molecule has 118 valence electrons. The first-order valence-electron chi connectivity index (χ1n) is 8.08. The highest BCUT2D eigenvalue weighted by Crippen LogP contribution is 2.44. The number of carbonyl (C=O) groups is 1. The predicted molar refractivity (Wildman–Crippen MR) is 86.4 cm³/mol. The van der Waals surface area contributed by atoms with E-state index in [0.29, 0.717) is 12.3 Å². The summed E-state index contributed by atoms with van der Waals surface area (Å²) in [5.74, 6) is 1.48. The van der Waals surface area contributed by atoms with Crippen LogP contribution in [0.3, 0.4) is 0 Å². The van der Waals surface area contributed by atoms with Crippen LogP contribution in [0.2, 0.25) is 0 Å². The number of amides is 1. The summed E-state index contributed by atoms with van der Waals surface area (Å²) in [6.07, 6.45) is 6.41. The maximum absolute atomic E-state index is 11.6. The Bertz CT molecular complexity index is 674. The zero-order chi connectivity index (χ0) is 15.5. The predicted octanol–water partition coefficient (Wildman–Crippen LogP) is 3.78. The molecule has 1 N–H and O–H groups in total. The minimum Gasteiger partial charge on any atom is -0.496 e. The highest BCUT2D eigenvalue weighted by Gasteiger charge is 2.27. The van der Waals surface area contributed by atoms with Crippen molar-refractivity contribution in [3.8, 4) is 5.75 Å². The van der Waals surface area contributed by atoms with Gasteiger partial charge in [0.25, 0.3) is 0 Å². The molecule has 0 bridgehead atoms. The van der Waals surface area contributed by atoms with Crippen molar-refractivity contribution in [2.75, 3.05) is 13.7 Å². The molecule has 0 spiro atoms. The van der Waals surface area contributed by atoms with Gasteiger partial charge in [-0.1, -0.05) is 6.92 Å². The Morgan fingerprint density at radius 2 is 2.32 bits per heavy atom. The van der Waals surface area contributed by atoms with Gasteiger partial charge in [0, 0.05) is 23.9 Å². The van der Waals surface area contributed by atoms with Gasteiger partial charge in [0.2, 0.25) is 5.91 Å². The monoisotopic (exact) mass is 301 g/mol. The second-order valence-electron chi connectivity index (χ2n) is 5.94. The maximum Gasteiger partial charge on any atom is 0.219 e. The molecule has 1 aromatic carbocycles. The number of rotatable bonds is 6. The highest BCUT2D eigenvalue weighted by molar-refractivity contribution is 5.88. The fourth-order valence-corrected chi connectivity index (χ4v) is 3.43. The van der Waals surface area contributed by atoms with E-state index in [2.05, 4.69) is 5.32 Å². The molecule has 3 rings (SSSR count). The van der Waals surface area contributed by atoms with Gasteiger partial charge in [-0.3, -0.25) is 4.79 Å². The van der Waals surface area contributed by atoms with E-state index >= 15 is 0 Å². The summed E-state index contributed by atoms with van der Waals surface area (Å²) in [6.45, 7) is 2.74. The molecule has 4 nitrogen and oxygen atoms in total. The van der Waals surface area contributed by atoms with Crippen molar-refractivity contribution in [2.24, 2.45) is 0 Å². The summed E-state index contributed by atoms with van der Waals surface area (Å²) in [5, 5.41) is 4.23. The van der Waals surface area contributed by atoms with Gasteiger partial charge < -0.3 is 14.5 Å². The average molecular weight is 301 g/mol. The van der Waals surface area contributed by atoms with Crippen molar-refractivity contribution in [2.45, 2.75) is 44.9 Å². The largest absolute Gasteiger partial charge is 0.496 e. The van der Waals surface area contributed by atoms with Crippen LogP contribution in [0.15, 0.2) is 22.8 Å². The molecule has 1 aromatic heterocycles. The van der Waals surface area contributed by atoms with Gasteiger partial charge in [0.15, 0.2) is 0 Å². The number of methoxy groups -OCH3 is 1. The van der Waals surface area contributed by atoms with Gasteiger partial charge in [-0.05, 0) is 49.3 Å². The molecular formula is C18H23NO3. The summed E-state index contributed by atoms with van der Waals surface area (Å²) in [5.41, 5.74) is 3.46. The highest BCUT2D eigenvalue weighted by atomic mass is 16.5. The van der Waals surface area contributed by atoms with E-state index in [9.17, 15) is 4.79 Å². The van der Waals surface area contributed by atoms with E-state index in [1.54, 1.807) is 7.11 Å². The second kappa shape index (κ2) is 6.42. The van der Waals surface area contributed by atoms with Crippen LogP contribution >= 0.6 is 0 Å². The molecule has 22 heavy (non-hydrogen) atoms. The normalized spacial score (nSPS) is 16.7. The van der Waals surface area contributed by atoms with Gasteiger partial charge in [-0.15, -0.1) is 0 Å². The van der Waals surface area contributed by atoms with Gasteiger partial charge in [0.1, 0.15) is 11.3 Å².